The smallest absolute Gasteiger partial charge is 0.306 e. The van der Waals surface area contributed by atoms with Gasteiger partial charge in [-0.05, 0) is 43.9 Å². The Labute approximate surface area is 115 Å². The van der Waals surface area contributed by atoms with Crippen molar-refractivity contribution in [1.29, 1.82) is 0 Å². The Kier molecular flexibility index (Phi) is 4.48. The zero-order chi connectivity index (χ0) is 14.0. The van der Waals surface area contributed by atoms with Crippen LogP contribution in [0, 0.1) is 23.7 Å². The van der Waals surface area contributed by atoms with E-state index in [0.29, 0.717) is 24.7 Å². The SMILES string of the molecule is CC(C)C1CCN(C(=O)C2CCC(C(=O)O)CC2)C1. The maximum atomic E-state index is 12.4. The monoisotopic (exact) mass is 267 g/mol. The first-order valence-corrected chi connectivity index (χ1v) is 7.50. The summed E-state index contributed by atoms with van der Waals surface area (Å²) in [5.74, 6) is 0.686. The first kappa shape index (κ1) is 14.4. The molecule has 1 aliphatic heterocycles. The molecule has 2 fully saturated rings. The van der Waals surface area contributed by atoms with Gasteiger partial charge in [0.2, 0.25) is 5.91 Å². The van der Waals surface area contributed by atoms with E-state index in [1.807, 2.05) is 4.90 Å². The van der Waals surface area contributed by atoms with Crippen molar-refractivity contribution in [2.75, 3.05) is 13.1 Å². The molecule has 1 atom stereocenters. The fraction of sp³-hybridized carbons (Fsp3) is 0.867. The zero-order valence-corrected chi connectivity index (χ0v) is 12.0. The summed E-state index contributed by atoms with van der Waals surface area (Å²) in [5, 5.41) is 8.98. The van der Waals surface area contributed by atoms with Crippen LogP contribution in [0.1, 0.15) is 46.0 Å². The van der Waals surface area contributed by atoms with E-state index in [2.05, 4.69) is 13.8 Å². The molecule has 4 heteroatoms. The summed E-state index contributed by atoms with van der Waals surface area (Å²) < 4.78 is 0. The molecular formula is C15H25NO3. The van der Waals surface area contributed by atoms with Gasteiger partial charge in [0.25, 0.3) is 0 Å². The van der Waals surface area contributed by atoms with Gasteiger partial charge in [0, 0.05) is 19.0 Å². The Balaban J connectivity index is 1.83. The van der Waals surface area contributed by atoms with Crippen LogP contribution in [0.4, 0.5) is 0 Å². The lowest BCUT2D eigenvalue weighted by Gasteiger charge is -2.29. The van der Waals surface area contributed by atoms with Gasteiger partial charge >= 0.3 is 5.97 Å². The van der Waals surface area contributed by atoms with Crippen molar-refractivity contribution in [3.05, 3.63) is 0 Å². The molecule has 0 spiro atoms. The number of carbonyl (C=O) groups excluding carboxylic acids is 1. The Hall–Kier alpha value is -1.06. The number of rotatable bonds is 3. The molecule has 1 unspecified atom stereocenters. The molecule has 1 heterocycles. The largest absolute Gasteiger partial charge is 0.481 e. The molecule has 1 saturated carbocycles. The summed E-state index contributed by atoms with van der Waals surface area (Å²) in [4.78, 5) is 25.3. The lowest BCUT2D eigenvalue weighted by Crippen LogP contribution is -2.37. The third-order valence-corrected chi connectivity index (χ3v) is 4.90. The Morgan fingerprint density at radius 2 is 1.63 bits per heavy atom. The van der Waals surface area contributed by atoms with Crippen LogP contribution in [0.2, 0.25) is 0 Å². The second-order valence-corrected chi connectivity index (χ2v) is 6.46. The minimum Gasteiger partial charge on any atom is -0.481 e. The van der Waals surface area contributed by atoms with Gasteiger partial charge in [-0.3, -0.25) is 9.59 Å². The maximum Gasteiger partial charge on any atom is 0.306 e. The molecule has 0 radical (unpaired) electrons. The second kappa shape index (κ2) is 5.93. The van der Waals surface area contributed by atoms with Crippen LogP contribution in [-0.4, -0.2) is 35.0 Å². The average molecular weight is 267 g/mol. The molecule has 0 bridgehead atoms. The molecule has 2 rings (SSSR count). The zero-order valence-electron chi connectivity index (χ0n) is 12.0. The van der Waals surface area contributed by atoms with Gasteiger partial charge in [-0.15, -0.1) is 0 Å². The van der Waals surface area contributed by atoms with Crippen molar-refractivity contribution in [1.82, 2.24) is 4.90 Å². The van der Waals surface area contributed by atoms with Crippen LogP contribution >= 0.6 is 0 Å². The molecule has 2 aliphatic rings. The van der Waals surface area contributed by atoms with Crippen LogP contribution in [0.5, 0.6) is 0 Å². The molecule has 108 valence electrons. The molecule has 1 aliphatic carbocycles. The van der Waals surface area contributed by atoms with Gasteiger partial charge in [0.1, 0.15) is 0 Å². The van der Waals surface area contributed by atoms with Crippen LogP contribution in [0.15, 0.2) is 0 Å². The van der Waals surface area contributed by atoms with E-state index in [4.69, 9.17) is 5.11 Å². The van der Waals surface area contributed by atoms with Crippen LogP contribution in [0.25, 0.3) is 0 Å². The van der Waals surface area contributed by atoms with Crippen LogP contribution < -0.4 is 0 Å². The van der Waals surface area contributed by atoms with Gasteiger partial charge in [-0.1, -0.05) is 13.8 Å². The molecule has 0 aromatic heterocycles. The number of carbonyl (C=O) groups is 2. The van der Waals surface area contributed by atoms with Crippen LogP contribution in [-0.2, 0) is 9.59 Å². The molecule has 19 heavy (non-hydrogen) atoms. The van der Waals surface area contributed by atoms with E-state index in [-0.39, 0.29) is 17.7 Å². The fourth-order valence-corrected chi connectivity index (χ4v) is 3.38. The molecule has 4 nitrogen and oxygen atoms in total. The lowest BCUT2D eigenvalue weighted by atomic mass is 9.81. The number of carboxylic acid groups (broad SMARTS) is 1. The quantitative estimate of drug-likeness (QED) is 0.854. The summed E-state index contributed by atoms with van der Waals surface area (Å²) in [6.07, 6.45) is 3.94. The molecule has 1 N–H and O–H groups in total. The third kappa shape index (κ3) is 3.28. The minimum atomic E-state index is -0.702. The van der Waals surface area contributed by atoms with Crippen molar-refractivity contribution < 1.29 is 14.7 Å². The van der Waals surface area contributed by atoms with Gasteiger partial charge in [-0.25, -0.2) is 0 Å². The first-order valence-electron chi connectivity index (χ1n) is 7.50. The summed E-state index contributed by atoms with van der Waals surface area (Å²) in [6, 6.07) is 0. The summed E-state index contributed by atoms with van der Waals surface area (Å²) in [7, 11) is 0. The van der Waals surface area contributed by atoms with Gasteiger partial charge < -0.3 is 10.0 Å². The summed E-state index contributed by atoms with van der Waals surface area (Å²) in [6.45, 7) is 6.23. The highest BCUT2D eigenvalue weighted by atomic mass is 16.4. The Morgan fingerprint density at radius 1 is 1.05 bits per heavy atom. The maximum absolute atomic E-state index is 12.4. The van der Waals surface area contributed by atoms with E-state index in [0.717, 1.165) is 32.4 Å². The second-order valence-electron chi connectivity index (χ2n) is 6.46. The summed E-state index contributed by atoms with van der Waals surface area (Å²) in [5.41, 5.74) is 0. The first-order chi connectivity index (χ1) is 8.99. The molecule has 0 aromatic rings. The average Bonchev–Trinajstić information content (AvgIpc) is 2.87. The van der Waals surface area contributed by atoms with E-state index >= 15 is 0 Å². The minimum absolute atomic E-state index is 0.0708. The van der Waals surface area contributed by atoms with E-state index < -0.39 is 5.97 Å². The normalized spacial score (nSPS) is 31.7. The van der Waals surface area contributed by atoms with Gasteiger partial charge in [0.05, 0.1) is 5.92 Å². The van der Waals surface area contributed by atoms with Crippen molar-refractivity contribution in [2.24, 2.45) is 23.7 Å². The number of hydrogen-bond donors (Lipinski definition) is 1. The fourth-order valence-electron chi connectivity index (χ4n) is 3.38. The molecule has 1 amide bonds. The number of likely N-dealkylation sites (tertiary alicyclic amines) is 1. The standard InChI is InChI=1S/C15H25NO3/c1-10(2)13-7-8-16(9-13)14(17)11-3-5-12(6-4-11)15(18)19/h10-13H,3-9H2,1-2H3,(H,18,19). The topological polar surface area (TPSA) is 57.6 Å². The van der Waals surface area contributed by atoms with Crippen molar-refractivity contribution >= 4 is 11.9 Å². The van der Waals surface area contributed by atoms with E-state index in [1.54, 1.807) is 0 Å². The number of hydrogen-bond acceptors (Lipinski definition) is 2. The van der Waals surface area contributed by atoms with Crippen molar-refractivity contribution in [3.63, 3.8) is 0 Å². The van der Waals surface area contributed by atoms with E-state index in [9.17, 15) is 9.59 Å². The van der Waals surface area contributed by atoms with Crippen molar-refractivity contribution in [3.8, 4) is 0 Å². The highest BCUT2D eigenvalue weighted by molar-refractivity contribution is 5.79. The van der Waals surface area contributed by atoms with Crippen LogP contribution in [0.3, 0.4) is 0 Å². The third-order valence-electron chi connectivity index (χ3n) is 4.90. The predicted octanol–water partition coefficient (Wildman–Crippen LogP) is 2.38. The highest BCUT2D eigenvalue weighted by Gasteiger charge is 2.35. The number of amides is 1. The van der Waals surface area contributed by atoms with E-state index in [1.165, 1.54) is 0 Å². The molecular weight excluding hydrogens is 242 g/mol. The predicted molar refractivity (Wildman–Crippen MR) is 72.6 cm³/mol. The Bertz CT molecular complexity index is 345. The molecule has 1 saturated heterocycles. The van der Waals surface area contributed by atoms with Gasteiger partial charge in [0.15, 0.2) is 0 Å². The number of carboxylic acids is 1. The lowest BCUT2D eigenvalue weighted by molar-refractivity contribution is -0.145. The molecule has 0 aromatic carbocycles. The highest BCUT2D eigenvalue weighted by Crippen LogP contribution is 2.32. The van der Waals surface area contributed by atoms with Crippen molar-refractivity contribution in [2.45, 2.75) is 46.0 Å². The number of nitrogens with zero attached hydrogens (tertiary/aromatic N) is 1. The van der Waals surface area contributed by atoms with Gasteiger partial charge in [-0.2, -0.15) is 0 Å². The summed E-state index contributed by atoms with van der Waals surface area (Å²) >= 11 is 0. The Morgan fingerprint density at radius 3 is 2.11 bits per heavy atom. The number of aliphatic carboxylic acids is 1.